The van der Waals surface area contributed by atoms with Crippen LogP contribution in [0.5, 0.6) is 5.75 Å². The summed E-state index contributed by atoms with van der Waals surface area (Å²) in [5.41, 5.74) is 1.85. The lowest BCUT2D eigenvalue weighted by molar-refractivity contribution is 0.0820. The van der Waals surface area contributed by atoms with Crippen LogP contribution < -0.4 is 10.2 Å². The average Bonchev–Trinajstić information content (AvgIpc) is 2.79. The van der Waals surface area contributed by atoms with E-state index in [2.05, 4.69) is 15.1 Å². The van der Waals surface area contributed by atoms with E-state index in [9.17, 15) is 4.79 Å². The summed E-state index contributed by atoms with van der Waals surface area (Å²) in [6.45, 7) is 1.35. The van der Waals surface area contributed by atoms with Crippen LogP contribution in [0.2, 0.25) is 0 Å². The van der Waals surface area contributed by atoms with Crippen molar-refractivity contribution in [2.75, 3.05) is 41.3 Å². The molecule has 3 aromatic rings. The van der Waals surface area contributed by atoms with Gasteiger partial charge in [0.1, 0.15) is 23.6 Å². The number of aromatic nitrogens is 4. The second kappa shape index (κ2) is 10.6. The van der Waals surface area contributed by atoms with Gasteiger partial charge in [0.25, 0.3) is 5.91 Å². The highest BCUT2D eigenvalue weighted by atomic mass is 16.5. The summed E-state index contributed by atoms with van der Waals surface area (Å²) in [7, 11) is 7.22. The molecular formula is C23H28N8O2. The van der Waals surface area contributed by atoms with Gasteiger partial charge < -0.3 is 14.5 Å². The Bertz CT molecular complexity index is 1190. The van der Waals surface area contributed by atoms with Crippen molar-refractivity contribution in [3.05, 3.63) is 65.5 Å². The molecule has 0 saturated heterocycles. The van der Waals surface area contributed by atoms with Crippen LogP contribution >= 0.6 is 0 Å². The normalized spacial score (nSPS) is 10.8. The van der Waals surface area contributed by atoms with Crippen molar-refractivity contribution in [1.29, 1.82) is 10.8 Å². The molecule has 172 valence electrons. The third kappa shape index (κ3) is 6.30. The molecule has 0 radical (unpaired) electrons. The van der Waals surface area contributed by atoms with Crippen molar-refractivity contribution in [2.24, 2.45) is 0 Å². The summed E-state index contributed by atoms with van der Waals surface area (Å²) in [5.74, 6) is 0.950. The molecule has 2 heterocycles. The molecule has 10 nitrogen and oxygen atoms in total. The van der Waals surface area contributed by atoms with Gasteiger partial charge in [0.05, 0.1) is 12.4 Å². The van der Waals surface area contributed by atoms with Crippen LogP contribution in [0.1, 0.15) is 16.1 Å². The van der Waals surface area contributed by atoms with E-state index in [4.69, 9.17) is 15.6 Å². The first kappa shape index (κ1) is 23.7. The first-order valence-corrected chi connectivity index (χ1v) is 10.4. The second-order valence-corrected chi connectivity index (χ2v) is 7.93. The maximum atomic E-state index is 12.2. The van der Waals surface area contributed by atoms with Gasteiger partial charge in [-0.15, -0.1) is 0 Å². The number of rotatable bonds is 8. The van der Waals surface area contributed by atoms with Crippen LogP contribution in [-0.4, -0.2) is 82.6 Å². The van der Waals surface area contributed by atoms with Gasteiger partial charge in [-0.25, -0.2) is 14.6 Å². The third-order valence-electron chi connectivity index (χ3n) is 4.71. The van der Waals surface area contributed by atoms with Crippen molar-refractivity contribution in [3.8, 4) is 17.1 Å². The molecule has 2 N–H and O–H groups in total. The van der Waals surface area contributed by atoms with Crippen LogP contribution in [0.25, 0.3) is 11.4 Å². The topological polar surface area (TPSA) is 124 Å². The summed E-state index contributed by atoms with van der Waals surface area (Å²) in [6, 6.07) is 10.5. The van der Waals surface area contributed by atoms with Gasteiger partial charge in [-0.2, -0.15) is 5.10 Å². The molecule has 2 aromatic heterocycles. The van der Waals surface area contributed by atoms with Crippen LogP contribution in [0.3, 0.4) is 0 Å². The van der Waals surface area contributed by atoms with Gasteiger partial charge in [-0.1, -0.05) is 18.2 Å². The number of nitrogens with one attached hydrogen (secondary N) is 2. The fraction of sp³-hybridized carbons (Fsp3) is 0.304. The third-order valence-corrected chi connectivity index (χ3v) is 4.71. The fourth-order valence-corrected chi connectivity index (χ4v) is 2.95. The number of likely N-dealkylation sites (N-methyl/N-ethyl adjacent to an activating group) is 1. The maximum Gasteiger partial charge on any atom is 0.273 e. The van der Waals surface area contributed by atoms with Crippen LogP contribution in [-0.2, 0) is 6.42 Å². The van der Waals surface area contributed by atoms with E-state index in [0.29, 0.717) is 18.2 Å². The zero-order chi connectivity index (χ0) is 24.0. The highest BCUT2D eigenvalue weighted by Gasteiger charge is 2.13. The summed E-state index contributed by atoms with van der Waals surface area (Å²) in [6.07, 6.45) is 3.51. The van der Waals surface area contributed by atoms with Gasteiger partial charge in [0.15, 0.2) is 11.6 Å². The first-order chi connectivity index (χ1) is 15.7. The van der Waals surface area contributed by atoms with E-state index < -0.39 is 0 Å². The zero-order valence-electron chi connectivity index (χ0n) is 19.2. The molecular weight excluding hydrogens is 420 g/mol. The number of carbonyl (C=O) groups is 1. The van der Waals surface area contributed by atoms with Crippen molar-refractivity contribution in [3.63, 3.8) is 0 Å². The van der Waals surface area contributed by atoms with Crippen LogP contribution in [0.15, 0.2) is 48.8 Å². The number of hydrogen-bond acceptors (Lipinski definition) is 8. The zero-order valence-corrected chi connectivity index (χ0v) is 19.2. The Labute approximate surface area is 192 Å². The molecule has 1 amide bonds. The van der Waals surface area contributed by atoms with Gasteiger partial charge in [-0.05, 0) is 37.9 Å². The predicted molar refractivity (Wildman–Crippen MR) is 124 cm³/mol. The lowest BCUT2D eigenvalue weighted by Crippen LogP contribution is -2.33. The predicted octanol–water partition coefficient (Wildman–Crippen LogP) is 1.53. The van der Waals surface area contributed by atoms with Gasteiger partial charge in [-0.3, -0.25) is 15.6 Å². The molecule has 0 bridgehead atoms. The quantitative estimate of drug-likeness (QED) is 0.398. The Morgan fingerprint density at radius 3 is 2.48 bits per heavy atom. The van der Waals surface area contributed by atoms with E-state index in [1.807, 2.05) is 43.3 Å². The maximum absolute atomic E-state index is 12.2. The smallest absolute Gasteiger partial charge is 0.273 e. The van der Waals surface area contributed by atoms with Gasteiger partial charge in [0.2, 0.25) is 0 Å². The fourth-order valence-electron chi connectivity index (χ4n) is 2.95. The van der Waals surface area contributed by atoms with E-state index in [0.717, 1.165) is 17.7 Å². The highest BCUT2D eigenvalue weighted by molar-refractivity contribution is 5.92. The van der Waals surface area contributed by atoms with Crippen molar-refractivity contribution in [2.45, 2.75) is 6.42 Å². The summed E-state index contributed by atoms with van der Waals surface area (Å²) in [4.78, 5) is 24.4. The minimum absolute atomic E-state index is 0.0275. The molecule has 0 spiro atoms. The number of carbonyl (C=O) groups excluding carboxylic acids is 1. The molecule has 10 heteroatoms. The standard InChI is InChI=1S/C23H28N8O2/c1-29(2)10-11-33-18-14-26-22(27-15-18)17-7-5-6-16(12-17)13-21(25)31-20(24)9-8-19(28-31)23(32)30(3)4/h5-9,12,14-15,24-25H,10-11,13H2,1-4H3. The second-order valence-electron chi connectivity index (χ2n) is 7.93. The number of nitrogens with zero attached hydrogens (tertiary/aromatic N) is 6. The summed E-state index contributed by atoms with van der Waals surface area (Å²) >= 11 is 0. The number of hydrogen-bond donors (Lipinski definition) is 2. The van der Waals surface area contributed by atoms with Gasteiger partial charge >= 0.3 is 0 Å². The Morgan fingerprint density at radius 1 is 1.09 bits per heavy atom. The Morgan fingerprint density at radius 2 is 1.82 bits per heavy atom. The highest BCUT2D eigenvalue weighted by Crippen LogP contribution is 2.18. The molecule has 33 heavy (non-hydrogen) atoms. The Hall–Kier alpha value is -3.92. The van der Waals surface area contributed by atoms with Crippen molar-refractivity contribution in [1.82, 2.24) is 29.5 Å². The lowest BCUT2D eigenvalue weighted by atomic mass is 10.1. The average molecular weight is 449 g/mol. The summed E-state index contributed by atoms with van der Waals surface area (Å²) < 4.78 is 6.80. The van der Waals surface area contributed by atoms with E-state index in [-0.39, 0.29) is 29.3 Å². The molecule has 0 aliphatic heterocycles. The minimum atomic E-state index is -0.287. The largest absolute Gasteiger partial charge is 0.489 e. The lowest BCUT2D eigenvalue weighted by Gasteiger charge is -2.13. The van der Waals surface area contributed by atoms with E-state index in [1.54, 1.807) is 26.5 Å². The summed E-state index contributed by atoms with van der Waals surface area (Å²) in [5, 5.41) is 20.7. The Kier molecular flexibility index (Phi) is 7.62. The molecule has 0 atom stereocenters. The molecule has 0 saturated carbocycles. The number of ether oxygens (including phenoxy) is 1. The van der Waals surface area contributed by atoms with Gasteiger partial charge in [0, 0.05) is 32.6 Å². The minimum Gasteiger partial charge on any atom is -0.489 e. The molecule has 0 fully saturated rings. The van der Waals surface area contributed by atoms with Crippen LogP contribution in [0.4, 0.5) is 0 Å². The molecule has 0 aliphatic carbocycles. The monoisotopic (exact) mass is 448 g/mol. The number of amides is 1. The molecule has 3 rings (SSSR count). The van der Waals surface area contributed by atoms with E-state index >= 15 is 0 Å². The Balaban J connectivity index is 1.74. The van der Waals surface area contributed by atoms with E-state index in [1.165, 1.54) is 21.7 Å². The first-order valence-electron chi connectivity index (χ1n) is 10.4. The SMILES string of the molecule is CN(C)CCOc1cnc(-c2cccc(CC(=N)n3nc(C(=O)N(C)C)ccc3=N)c2)nc1. The van der Waals surface area contributed by atoms with Crippen molar-refractivity contribution < 1.29 is 9.53 Å². The molecule has 0 aliphatic rings. The van der Waals surface area contributed by atoms with Crippen LogP contribution in [0, 0.1) is 10.8 Å². The molecule has 1 aromatic carbocycles. The number of benzene rings is 1. The molecule has 0 unspecified atom stereocenters. The van der Waals surface area contributed by atoms with Crippen molar-refractivity contribution >= 4 is 11.7 Å².